The summed E-state index contributed by atoms with van der Waals surface area (Å²) in [5.41, 5.74) is 2.30. The van der Waals surface area contributed by atoms with E-state index in [0.29, 0.717) is 24.3 Å². The number of hydrogen-bond acceptors (Lipinski definition) is 11. The van der Waals surface area contributed by atoms with E-state index in [-0.39, 0.29) is 19.1 Å². The maximum atomic E-state index is 11.7. The molecule has 1 N–H and O–H groups in total. The minimum atomic E-state index is -0.937. The molecular weight excluding hydrogens is 488 g/mol. The van der Waals surface area contributed by atoms with Crippen molar-refractivity contribution >= 4 is 29.8 Å². The highest BCUT2D eigenvalue weighted by molar-refractivity contribution is 5.94. The fourth-order valence-electron chi connectivity index (χ4n) is 3.98. The van der Waals surface area contributed by atoms with Gasteiger partial charge in [-0.05, 0) is 37.1 Å². The van der Waals surface area contributed by atoms with Gasteiger partial charge in [-0.15, -0.1) is 5.10 Å². The molecule has 0 spiro atoms. The number of rotatable bonds is 8. The lowest BCUT2D eigenvalue weighted by molar-refractivity contribution is -0.166. The molecule has 1 saturated heterocycles. The second-order valence-electron chi connectivity index (χ2n) is 8.25. The van der Waals surface area contributed by atoms with Crippen LogP contribution in [0.15, 0.2) is 24.4 Å². The maximum absolute atomic E-state index is 11.7. The smallest absolute Gasteiger partial charge is 0.303 e. The number of benzene rings is 1. The van der Waals surface area contributed by atoms with Crippen molar-refractivity contribution in [2.24, 2.45) is 0 Å². The Balaban J connectivity index is 0.00000121. The van der Waals surface area contributed by atoms with Gasteiger partial charge < -0.3 is 33.8 Å². The number of esters is 2. The van der Waals surface area contributed by atoms with Crippen molar-refractivity contribution < 1.29 is 42.9 Å². The number of aryl methyl sites for hydroxylation is 1. The lowest BCUT2D eigenvalue weighted by atomic mass is 10.0. The van der Waals surface area contributed by atoms with Gasteiger partial charge >= 0.3 is 11.9 Å². The molecule has 0 aliphatic carbocycles. The van der Waals surface area contributed by atoms with E-state index in [0.717, 1.165) is 17.5 Å². The van der Waals surface area contributed by atoms with Crippen molar-refractivity contribution in [3.05, 3.63) is 35.7 Å². The van der Waals surface area contributed by atoms with Crippen LogP contribution in [-0.4, -0.2) is 71.2 Å². The first-order valence-electron chi connectivity index (χ1n) is 11.6. The summed E-state index contributed by atoms with van der Waals surface area (Å²) in [6.45, 7) is 4.22. The van der Waals surface area contributed by atoms with Gasteiger partial charge in [0, 0.05) is 33.1 Å². The number of ether oxygens (including phenoxy) is 5. The predicted octanol–water partition coefficient (Wildman–Crippen LogP) is 1.35. The van der Waals surface area contributed by atoms with Crippen molar-refractivity contribution in [3.8, 4) is 5.75 Å². The SMILES string of the molecule is CC=O.COCC1OC(n2cc(COc3ccc4c(c3)CCC(=O)N4)nn2)[C@H](OC(C)=O)[C@@H]1OC(C)=O. The number of carbonyl (C=O) groups excluding carboxylic acids is 4. The number of amides is 1. The number of carbonyl (C=O) groups is 4. The van der Waals surface area contributed by atoms with E-state index < -0.39 is 36.5 Å². The van der Waals surface area contributed by atoms with E-state index in [1.807, 2.05) is 6.07 Å². The third-order valence-corrected chi connectivity index (χ3v) is 5.40. The van der Waals surface area contributed by atoms with Gasteiger partial charge in [-0.3, -0.25) is 14.4 Å². The molecular formula is C24H30N4O9. The summed E-state index contributed by atoms with van der Waals surface area (Å²) in [6, 6.07) is 5.46. The van der Waals surface area contributed by atoms with Crippen molar-refractivity contribution in [2.75, 3.05) is 19.0 Å². The number of hydrogen-bond donors (Lipinski definition) is 1. The molecule has 13 heteroatoms. The summed E-state index contributed by atoms with van der Waals surface area (Å²) in [6.07, 6.45) is 0.106. The van der Waals surface area contributed by atoms with Crippen molar-refractivity contribution in [3.63, 3.8) is 0 Å². The minimum absolute atomic E-state index is 0.00245. The third kappa shape index (κ3) is 7.33. The first-order valence-corrected chi connectivity index (χ1v) is 11.6. The Kier molecular flexibility index (Phi) is 9.69. The minimum Gasteiger partial charge on any atom is -0.487 e. The zero-order valence-electron chi connectivity index (χ0n) is 21.0. The molecule has 0 bridgehead atoms. The van der Waals surface area contributed by atoms with Gasteiger partial charge in [0.1, 0.15) is 30.4 Å². The Morgan fingerprint density at radius 2 is 1.89 bits per heavy atom. The summed E-state index contributed by atoms with van der Waals surface area (Å²) in [5.74, 6) is -0.456. The first-order chi connectivity index (χ1) is 17.7. The van der Waals surface area contributed by atoms with E-state index >= 15 is 0 Å². The molecule has 3 heterocycles. The Morgan fingerprint density at radius 3 is 2.57 bits per heavy atom. The second-order valence-corrected chi connectivity index (χ2v) is 8.25. The van der Waals surface area contributed by atoms with Crippen molar-refractivity contribution in [1.82, 2.24) is 15.0 Å². The zero-order valence-corrected chi connectivity index (χ0v) is 21.0. The van der Waals surface area contributed by atoms with Gasteiger partial charge in [0.25, 0.3) is 0 Å². The largest absolute Gasteiger partial charge is 0.487 e. The topological polar surface area (TPSA) is 157 Å². The van der Waals surface area contributed by atoms with Crippen LogP contribution in [0.1, 0.15) is 44.7 Å². The predicted molar refractivity (Wildman–Crippen MR) is 126 cm³/mol. The number of nitrogens with zero attached hydrogens (tertiary/aromatic N) is 3. The first kappa shape index (κ1) is 27.7. The summed E-state index contributed by atoms with van der Waals surface area (Å²) in [4.78, 5) is 43.7. The molecule has 1 amide bonds. The van der Waals surface area contributed by atoms with Gasteiger partial charge in [0.15, 0.2) is 18.4 Å². The molecule has 1 aromatic heterocycles. The Labute approximate surface area is 213 Å². The van der Waals surface area contributed by atoms with Gasteiger partial charge in [-0.25, -0.2) is 4.68 Å². The average molecular weight is 519 g/mol. The summed E-state index contributed by atoms with van der Waals surface area (Å²) < 4.78 is 29.2. The molecule has 4 atom stereocenters. The van der Waals surface area contributed by atoms with E-state index in [1.54, 1.807) is 18.3 Å². The Bertz CT molecular complexity index is 1120. The summed E-state index contributed by atoms with van der Waals surface area (Å²) in [5, 5.41) is 11.0. The Morgan fingerprint density at radius 1 is 1.19 bits per heavy atom. The van der Waals surface area contributed by atoms with E-state index in [9.17, 15) is 14.4 Å². The quantitative estimate of drug-likeness (QED) is 0.397. The zero-order chi connectivity index (χ0) is 26.9. The second kappa shape index (κ2) is 12.9. The number of aromatic nitrogens is 3. The molecule has 200 valence electrons. The van der Waals surface area contributed by atoms with Crippen LogP contribution in [-0.2, 0) is 51.2 Å². The maximum Gasteiger partial charge on any atom is 0.303 e. The molecule has 0 saturated carbocycles. The van der Waals surface area contributed by atoms with Crippen LogP contribution in [0.25, 0.3) is 0 Å². The molecule has 2 aliphatic heterocycles. The van der Waals surface area contributed by atoms with Crippen molar-refractivity contribution in [1.29, 1.82) is 0 Å². The summed E-state index contributed by atoms with van der Waals surface area (Å²) >= 11 is 0. The number of methoxy groups -OCH3 is 1. The highest BCUT2D eigenvalue weighted by Gasteiger charge is 2.50. The van der Waals surface area contributed by atoms with Crippen molar-refractivity contribution in [2.45, 2.75) is 64.8 Å². The number of aldehydes is 1. The lowest BCUT2D eigenvalue weighted by Crippen LogP contribution is -2.40. The molecule has 1 fully saturated rings. The standard InChI is InChI=1S/C22H26N4O8.C2H4O/c1-12(27)32-20-18(11-30-3)34-22(21(20)33-13(2)28)26-9-15(24-25-26)10-31-16-5-6-17-14(8-16)4-7-19(29)23-17;1-2-3/h5-6,8-9,18,20-22H,4,7,10-11H2,1-3H3,(H,23,29);2H,1H3/t18?,20-,21-,22?;/m1./s1. The molecule has 37 heavy (non-hydrogen) atoms. The van der Waals surface area contributed by atoms with E-state index in [2.05, 4.69) is 15.6 Å². The third-order valence-electron chi connectivity index (χ3n) is 5.40. The lowest BCUT2D eigenvalue weighted by Gasteiger charge is -2.23. The fourth-order valence-corrected chi connectivity index (χ4v) is 3.98. The molecule has 1 aromatic carbocycles. The average Bonchev–Trinajstić information content (AvgIpc) is 3.43. The molecule has 13 nitrogen and oxygen atoms in total. The van der Waals surface area contributed by atoms with Crippen LogP contribution in [0.3, 0.4) is 0 Å². The van der Waals surface area contributed by atoms with Crippen LogP contribution in [0, 0.1) is 0 Å². The van der Waals surface area contributed by atoms with Gasteiger partial charge in [-0.2, -0.15) is 0 Å². The van der Waals surface area contributed by atoms with Crippen LogP contribution in [0.2, 0.25) is 0 Å². The van der Waals surface area contributed by atoms with E-state index in [4.69, 9.17) is 28.5 Å². The van der Waals surface area contributed by atoms with Gasteiger partial charge in [0.2, 0.25) is 5.91 Å². The highest BCUT2D eigenvalue weighted by Crippen LogP contribution is 2.34. The van der Waals surface area contributed by atoms with Gasteiger partial charge in [0.05, 0.1) is 12.8 Å². The number of anilines is 1. The van der Waals surface area contributed by atoms with Crippen LogP contribution < -0.4 is 10.1 Å². The Hall–Kier alpha value is -3.84. The van der Waals surface area contributed by atoms with E-state index in [1.165, 1.54) is 32.6 Å². The fraction of sp³-hybridized carbons (Fsp3) is 0.500. The monoisotopic (exact) mass is 518 g/mol. The molecule has 2 unspecified atom stereocenters. The molecule has 4 rings (SSSR count). The molecule has 2 aromatic rings. The molecule has 0 radical (unpaired) electrons. The van der Waals surface area contributed by atoms with Crippen LogP contribution in [0.4, 0.5) is 5.69 Å². The normalized spacial score (nSPS) is 22.1. The highest BCUT2D eigenvalue weighted by atomic mass is 16.7. The number of fused-ring (bicyclic) bond motifs is 1. The van der Waals surface area contributed by atoms with Gasteiger partial charge in [-0.1, -0.05) is 5.21 Å². The van der Waals surface area contributed by atoms with Crippen LogP contribution >= 0.6 is 0 Å². The number of nitrogens with one attached hydrogen (secondary N) is 1. The van der Waals surface area contributed by atoms with Crippen LogP contribution in [0.5, 0.6) is 5.75 Å². The molecule has 2 aliphatic rings. The summed E-state index contributed by atoms with van der Waals surface area (Å²) in [7, 11) is 1.49.